The van der Waals surface area contributed by atoms with E-state index in [1.165, 1.54) is 11.0 Å². The molecule has 0 amide bonds. The van der Waals surface area contributed by atoms with Crippen molar-refractivity contribution in [2.24, 2.45) is 0 Å². The highest BCUT2D eigenvalue weighted by atomic mass is 16.7. The Morgan fingerprint density at radius 2 is 1.62 bits per heavy atom. The fourth-order valence-electron chi connectivity index (χ4n) is 2.02. The van der Waals surface area contributed by atoms with Gasteiger partial charge in [0.15, 0.2) is 0 Å². The van der Waals surface area contributed by atoms with Crippen LogP contribution < -0.4 is 0 Å². The van der Waals surface area contributed by atoms with E-state index >= 15 is 0 Å². The fraction of sp³-hybridized carbons (Fsp3) is 0.833. The van der Waals surface area contributed by atoms with E-state index in [1.807, 2.05) is 0 Å². The Morgan fingerprint density at radius 3 is 2.12 bits per heavy atom. The Bertz CT molecular complexity index is 304. The van der Waals surface area contributed by atoms with Gasteiger partial charge in [-0.25, -0.2) is 0 Å². The van der Waals surface area contributed by atoms with Crippen molar-refractivity contribution in [3.8, 4) is 0 Å². The lowest BCUT2D eigenvalue weighted by molar-refractivity contribution is 0.00578. The molecule has 0 aromatic heterocycles. The molecule has 0 bridgehead atoms. The first kappa shape index (κ1) is 12.2. The zero-order valence-corrected chi connectivity index (χ0v) is 10.9. The van der Waals surface area contributed by atoms with Crippen LogP contribution in [0.1, 0.15) is 41.0 Å². The molecule has 0 aliphatic carbocycles. The lowest BCUT2D eigenvalue weighted by Gasteiger charge is -2.32. The average Bonchev–Trinajstić information content (AvgIpc) is 2.36. The summed E-state index contributed by atoms with van der Waals surface area (Å²) in [7, 11) is -0.186. The van der Waals surface area contributed by atoms with Gasteiger partial charge in [-0.05, 0) is 46.5 Å². The molecule has 1 fully saturated rings. The van der Waals surface area contributed by atoms with Crippen molar-refractivity contribution in [1.29, 1.82) is 0 Å². The Hall–Kier alpha value is -0.315. The van der Waals surface area contributed by atoms with Gasteiger partial charge in [0, 0.05) is 0 Å². The predicted octanol–water partition coefficient (Wildman–Crippen LogP) is 2.35. The minimum atomic E-state index is -0.247. The number of hydrogen-bond donors (Lipinski definition) is 0. The molecular weight excluding hydrogens is 203 g/mol. The van der Waals surface area contributed by atoms with Gasteiger partial charge in [0.1, 0.15) is 0 Å². The minimum Gasteiger partial charge on any atom is -0.400 e. The standard InChI is InChI=1S/C12H21BO3/c1-9-8-14-7-6-10(9)13-15-11(2,3)12(4,5)16-13/h6-8H2,1-5H3. The number of hydrogen-bond acceptors (Lipinski definition) is 3. The Morgan fingerprint density at radius 1 is 1.06 bits per heavy atom. The van der Waals surface area contributed by atoms with Crippen molar-refractivity contribution in [1.82, 2.24) is 0 Å². The smallest absolute Gasteiger partial charge is 0.400 e. The van der Waals surface area contributed by atoms with Crippen LogP contribution in [0.3, 0.4) is 0 Å². The second-order valence-electron chi connectivity index (χ2n) is 5.70. The zero-order valence-electron chi connectivity index (χ0n) is 10.9. The molecule has 2 rings (SSSR count). The molecule has 2 aliphatic heterocycles. The van der Waals surface area contributed by atoms with Crippen LogP contribution in [-0.2, 0) is 14.0 Å². The van der Waals surface area contributed by atoms with Crippen LogP contribution in [0.2, 0.25) is 0 Å². The summed E-state index contributed by atoms with van der Waals surface area (Å²) in [6.07, 6.45) is 0.919. The third-order valence-electron chi connectivity index (χ3n) is 3.92. The van der Waals surface area contributed by atoms with E-state index < -0.39 is 0 Å². The maximum Gasteiger partial charge on any atom is 0.490 e. The van der Waals surface area contributed by atoms with Crippen molar-refractivity contribution in [2.75, 3.05) is 13.2 Å². The van der Waals surface area contributed by atoms with Crippen LogP contribution >= 0.6 is 0 Å². The summed E-state index contributed by atoms with van der Waals surface area (Å²) in [6, 6.07) is 0. The monoisotopic (exact) mass is 224 g/mol. The highest BCUT2D eigenvalue weighted by Crippen LogP contribution is 2.40. The van der Waals surface area contributed by atoms with E-state index in [4.69, 9.17) is 14.0 Å². The molecule has 4 heteroatoms. The number of ether oxygens (including phenoxy) is 1. The first-order valence-electron chi connectivity index (χ1n) is 5.95. The van der Waals surface area contributed by atoms with Gasteiger partial charge < -0.3 is 14.0 Å². The van der Waals surface area contributed by atoms with Gasteiger partial charge in [-0.2, -0.15) is 0 Å². The second kappa shape index (κ2) is 3.86. The molecule has 0 spiro atoms. The van der Waals surface area contributed by atoms with Crippen LogP contribution in [0.15, 0.2) is 11.0 Å². The lowest BCUT2D eigenvalue weighted by Crippen LogP contribution is -2.41. The van der Waals surface area contributed by atoms with Crippen LogP contribution in [0, 0.1) is 0 Å². The molecule has 90 valence electrons. The molecule has 16 heavy (non-hydrogen) atoms. The highest BCUT2D eigenvalue weighted by molar-refractivity contribution is 6.54. The topological polar surface area (TPSA) is 27.7 Å². The molecule has 0 unspecified atom stereocenters. The summed E-state index contributed by atoms with van der Waals surface area (Å²) in [5.41, 5.74) is 2.03. The summed E-state index contributed by atoms with van der Waals surface area (Å²) < 4.78 is 17.5. The highest BCUT2D eigenvalue weighted by Gasteiger charge is 2.52. The van der Waals surface area contributed by atoms with Gasteiger partial charge in [-0.15, -0.1) is 0 Å². The van der Waals surface area contributed by atoms with Gasteiger partial charge >= 0.3 is 7.12 Å². The fourth-order valence-corrected chi connectivity index (χ4v) is 2.02. The summed E-state index contributed by atoms with van der Waals surface area (Å²) in [5, 5.41) is 0. The van der Waals surface area contributed by atoms with Crippen molar-refractivity contribution in [2.45, 2.75) is 52.2 Å². The molecule has 2 aliphatic rings. The first-order valence-corrected chi connectivity index (χ1v) is 5.95. The van der Waals surface area contributed by atoms with Crippen LogP contribution in [0.5, 0.6) is 0 Å². The largest absolute Gasteiger partial charge is 0.490 e. The normalized spacial score (nSPS) is 28.7. The quantitative estimate of drug-likeness (QED) is 0.640. The third-order valence-corrected chi connectivity index (χ3v) is 3.92. The molecule has 1 saturated heterocycles. The second-order valence-corrected chi connectivity index (χ2v) is 5.70. The molecule has 0 atom stereocenters. The van der Waals surface area contributed by atoms with E-state index in [-0.39, 0.29) is 18.3 Å². The zero-order chi connectivity index (χ0) is 12.0. The van der Waals surface area contributed by atoms with E-state index in [9.17, 15) is 0 Å². The van der Waals surface area contributed by atoms with Crippen molar-refractivity contribution >= 4 is 7.12 Å². The summed E-state index contributed by atoms with van der Waals surface area (Å²) in [6.45, 7) is 11.9. The van der Waals surface area contributed by atoms with Crippen molar-refractivity contribution in [3.05, 3.63) is 11.0 Å². The average molecular weight is 224 g/mol. The summed E-state index contributed by atoms with van der Waals surface area (Å²) in [5.74, 6) is 0. The lowest BCUT2D eigenvalue weighted by atomic mass is 9.73. The Kier molecular flexibility index (Phi) is 2.93. The Balaban J connectivity index is 2.20. The molecule has 0 aromatic rings. The van der Waals surface area contributed by atoms with Crippen molar-refractivity contribution in [3.63, 3.8) is 0 Å². The Labute approximate surface area is 98.3 Å². The van der Waals surface area contributed by atoms with Gasteiger partial charge in [0.05, 0.1) is 24.4 Å². The summed E-state index contributed by atoms with van der Waals surface area (Å²) in [4.78, 5) is 0. The van der Waals surface area contributed by atoms with E-state index in [1.54, 1.807) is 0 Å². The SMILES string of the molecule is CC1=C(B2OC(C)(C)C(C)(C)O2)CCOC1. The molecule has 3 nitrogen and oxygen atoms in total. The van der Waals surface area contributed by atoms with Crippen molar-refractivity contribution < 1.29 is 14.0 Å². The summed E-state index contributed by atoms with van der Waals surface area (Å²) >= 11 is 0. The van der Waals surface area contributed by atoms with Gasteiger partial charge in [0.2, 0.25) is 0 Å². The van der Waals surface area contributed by atoms with Crippen LogP contribution in [0.25, 0.3) is 0 Å². The maximum atomic E-state index is 6.04. The molecule has 0 saturated carbocycles. The van der Waals surface area contributed by atoms with Gasteiger partial charge in [-0.1, -0.05) is 5.57 Å². The molecule has 0 aromatic carbocycles. The molecular formula is C12H21BO3. The van der Waals surface area contributed by atoms with Gasteiger partial charge in [-0.3, -0.25) is 0 Å². The number of rotatable bonds is 1. The molecule has 0 N–H and O–H groups in total. The third kappa shape index (κ3) is 1.94. The van der Waals surface area contributed by atoms with E-state index in [0.29, 0.717) is 6.61 Å². The van der Waals surface area contributed by atoms with E-state index in [2.05, 4.69) is 34.6 Å². The molecule has 0 radical (unpaired) electrons. The van der Waals surface area contributed by atoms with Crippen LogP contribution in [0.4, 0.5) is 0 Å². The van der Waals surface area contributed by atoms with Crippen LogP contribution in [-0.4, -0.2) is 31.5 Å². The van der Waals surface area contributed by atoms with E-state index in [0.717, 1.165) is 13.0 Å². The predicted molar refractivity (Wildman–Crippen MR) is 64.2 cm³/mol. The maximum absolute atomic E-state index is 6.04. The first-order chi connectivity index (χ1) is 7.33. The molecule has 2 heterocycles. The van der Waals surface area contributed by atoms with Gasteiger partial charge in [0.25, 0.3) is 0 Å². The minimum absolute atomic E-state index is 0.186.